The number of hydrogen-bond donors (Lipinski definition) is 2. The van der Waals surface area contributed by atoms with E-state index in [1.807, 2.05) is 12.1 Å². The van der Waals surface area contributed by atoms with Crippen LogP contribution in [0.25, 0.3) is 17.0 Å². The summed E-state index contributed by atoms with van der Waals surface area (Å²) in [5.41, 5.74) is 2.79. The van der Waals surface area contributed by atoms with Crippen molar-refractivity contribution >= 4 is 34.6 Å². The van der Waals surface area contributed by atoms with Crippen molar-refractivity contribution in [3.8, 4) is 0 Å². The zero-order chi connectivity index (χ0) is 13.4. The van der Waals surface area contributed by atoms with Crippen LogP contribution >= 0.6 is 11.6 Å². The molecule has 19 heavy (non-hydrogen) atoms. The van der Waals surface area contributed by atoms with Crippen molar-refractivity contribution < 1.29 is 14.3 Å². The minimum atomic E-state index is -0.993. The molecule has 0 aliphatic carbocycles. The minimum Gasteiger partial charge on any atom is -0.478 e. The SMILES string of the molecule is O=C(O)C=Cc1oc2ccc(Cl)c3c2c1CNCC3. The van der Waals surface area contributed by atoms with Gasteiger partial charge < -0.3 is 14.8 Å². The largest absolute Gasteiger partial charge is 0.478 e. The van der Waals surface area contributed by atoms with Gasteiger partial charge in [0, 0.05) is 28.6 Å². The topological polar surface area (TPSA) is 62.5 Å². The van der Waals surface area contributed by atoms with E-state index in [-0.39, 0.29) is 0 Å². The van der Waals surface area contributed by atoms with Gasteiger partial charge >= 0.3 is 5.97 Å². The van der Waals surface area contributed by atoms with E-state index in [2.05, 4.69) is 5.32 Å². The van der Waals surface area contributed by atoms with E-state index in [0.29, 0.717) is 12.3 Å². The highest BCUT2D eigenvalue weighted by Gasteiger charge is 2.20. The average Bonchev–Trinajstić information content (AvgIpc) is 2.57. The van der Waals surface area contributed by atoms with Gasteiger partial charge in [0.05, 0.1) is 0 Å². The first-order valence-electron chi connectivity index (χ1n) is 6.01. The molecule has 98 valence electrons. The van der Waals surface area contributed by atoms with Crippen LogP contribution in [0.1, 0.15) is 16.9 Å². The Labute approximate surface area is 114 Å². The molecule has 0 fully saturated rings. The molecule has 3 rings (SSSR count). The summed E-state index contributed by atoms with van der Waals surface area (Å²) < 4.78 is 5.72. The fraction of sp³-hybridized carbons (Fsp3) is 0.214. The van der Waals surface area contributed by atoms with Gasteiger partial charge in [0.15, 0.2) is 0 Å². The van der Waals surface area contributed by atoms with Crippen LogP contribution in [0, 0.1) is 0 Å². The van der Waals surface area contributed by atoms with Gasteiger partial charge in [0.2, 0.25) is 0 Å². The lowest BCUT2D eigenvalue weighted by atomic mass is 10.0. The van der Waals surface area contributed by atoms with Crippen LogP contribution in [0.5, 0.6) is 0 Å². The fourth-order valence-electron chi connectivity index (χ4n) is 2.45. The molecule has 2 N–H and O–H groups in total. The van der Waals surface area contributed by atoms with E-state index in [1.165, 1.54) is 6.08 Å². The summed E-state index contributed by atoms with van der Waals surface area (Å²) >= 11 is 6.24. The number of hydrogen-bond acceptors (Lipinski definition) is 3. The molecule has 2 aromatic rings. The van der Waals surface area contributed by atoms with Crippen LogP contribution in [-0.4, -0.2) is 17.6 Å². The first-order valence-corrected chi connectivity index (χ1v) is 6.39. The number of furan rings is 1. The van der Waals surface area contributed by atoms with Crippen molar-refractivity contribution in [2.75, 3.05) is 6.54 Å². The van der Waals surface area contributed by atoms with E-state index in [0.717, 1.165) is 46.2 Å². The van der Waals surface area contributed by atoms with Gasteiger partial charge in [-0.2, -0.15) is 0 Å². The molecule has 0 saturated heterocycles. The summed E-state index contributed by atoms with van der Waals surface area (Å²) in [7, 11) is 0. The molecule has 0 bridgehead atoms. The first kappa shape index (κ1) is 12.3. The molecule has 4 nitrogen and oxygen atoms in total. The highest BCUT2D eigenvalue weighted by Crippen LogP contribution is 2.35. The Bertz CT molecular complexity index is 688. The van der Waals surface area contributed by atoms with Gasteiger partial charge in [-0.05, 0) is 36.7 Å². The van der Waals surface area contributed by atoms with Crippen LogP contribution in [0.2, 0.25) is 5.02 Å². The molecule has 1 aromatic carbocycles. The Kier molecular flexibility index (Phi) is 3.05. The molecule has 5 heteroatoms. The molecule has 0 unspecified atom stereocenters. The van der Waals surface area contributed by atoms with Gasteiger partial charge in [-0.25, -0.2) is 4.79 Å². The second kappa shape index (κ2) is 4.72. The summed E-state index contributed by atoms with van der Waals surface area (Å²) in [6.45, 7) is 1.50. The maximum atomic E-state index is 10.6. The van der Waals surface area contributed by atoms with E-state index >= 15 is 0 Å². The predicted molar refractivity (Wildman–Crippen MR) is 73.3 cm³/mol. The smallest absolute Gasteiger partial charge is 0.328 e. The second-order valence-electron chi connectivity index (χ2n) is 4.44. The summed E-state index contributed by atoms with van der Waals surface area (Å²) in [5.74, 6) is -0.414. The summed E-state index contributed by atoms with van der Waals surface area (Å²) in [6, 6.07) is 3.65. The zero-order valence-electron chi connectivity index (χ0n) is 10.1. The van der Waals surface area contributed by atoms with E-state index in [4.69, 9.17) is 21.1 Å². The third-order valence-corrected chi connectivity index (χ3v) is 3.62. The quantitative estimate of drug-likeness (QED) is 0.829. The fourth-order valence-corrected chi connectivity index (χ4v) is 2.70. The lowest BCUT2D eigenvalue weighted by Gasteiger charge is -2.02. The third-order valence-electron chi connectivity index (χ3n) is 3.27. The summed E-state index contributed by atoms with van der Waals surface area (Å²) in [6.07, 6.45) is 3.41. The van der Waals surface area contributed by atoms with Crippen molar-refractivity contribution in [3.05, 3.63) is 40.1 Å². The molecule has 0 saturated carbocycles. The van der Waals surface area contributed by atoms with Crippen molar-refractivity contribution in [3.63, 3.8) is 0 Å². The number of rotatable bonds is 2. The van der Waals surface area contributed by atoms with E-state index in [1.54, 1.807) is 0 Å². The van der Waals surface area contributed by atoms with Gasteiger partial charge in [-0.3, -0.25) is 0 Å². The number of carboxylic acid groups (broad SMARTS) is 1. The zero-order valence-corrected chi connectivity index (χ0v) is 10.8. The number of halogens is 1. The lowest BCUT2D eigenvalue weighted by Crippen LogP contribution is -2.14. The van der Waals surface area contributed by atoms with Crippen molar-refractivity contribution in [2.24, 2.45) is 0 Å². The molecule has 1 aliphatic heterocycles. The molecule has 0 radical (unpaired) electrons. The van der Waals surface area contributed by atoms with Gasteiger partial charge in [0.25, 0.3) is 0 Å². The van der Waals surface area contributed by atoms with E-state index in [9.17, 15) is 4.79 Å². The Morgan fingerprint density at radius 3 is 3.05 bits per heavy atom. The minimum absolute atomic E-state index is 0.579. The number of carboxylic acids is 1. The summed E-state index contributed by atoms with van der Waals surface area (Å²) in [4.78, 5) is 10.6. The van der Waals surface area contributed by atoms with Crippen molar-refractivity contribution in [1.82, 2.24) is 5.32 Å². The highest BCUT2D eigenvalue weighted by molar-refractivity contribution is 6.32. The monoisotopic (exact) mass is 277 g/mol. The van der Waals surface area contributed by atoms with Crippen LogP contribution in [-0.2, 0) is 17.8 Å². The normalized spacial score (nSPS) is 15.0. The predicted octanol–water partition coefficient (Wildman–Crippen LogP) is 2.83. The van der Waals surface area contributed by atoms with Gasteiger partial charge in [-0.15, -0.1) is 0 Å². The van der Waals surface area contributed by atoms with Crippen LogP contribution in [0.3, 0.4) is 0 Å². The molecular formula is C14H12ClNO3. The molecule has 0 atom stereocenters. The maximum Gasteiger partial charge on any atom is 0.328 e. The molecule has 1 aromatic heterocycles. The Balaban J connectivity index is 2.25. The standard InChI is InChI=1S/C14H12ClNO3/c15-10-1-2-12-14-8(10)5-6-16-7-9(14)11(19-12)3-4-13(17)18/h1-4,16H,5-7H2,(H,17,18). The molecular weight excluding hydrogens is 266 g/mol. The Hall–Kier alpha value is -1.78. The van der Waals surface area contributed by atoms with Crippen LogP contribution < -0.4 is 5.32 Å². The first-order chi connectivity index (χ1) is 9.16. The number of nitrogens with one attached hydrogen (secondary N) is 1. The maximum absolute atomic E-state index is 10.6. The Morgan fingerprint density at radius 2 is 2.26 bits per heavy atom. The van der Waals surface area contributed by atoms with Gasteiger partial charge in [-0.1, -0.05) is 11.6 Å². The number of benzene rings is 1. The number of carbonyl (C=O) groups is 1. The average molecular weight is 278 g/mol. The van der Waals surface area contributed by atoms with Crippen molar-refractivity contribution in [1.29, 1.82) is 0 Å². The lowest BCUT2D eigenvalue weighted by molar-refractivity contribution is -0.131. The van der Waals surface area contributed by atoms with Crippen molar-refractivity contribution in [2.45, 2.75) is 13.0 Å². The Morgan fingerprint density at radius 1 is 1.42 bits per heavy atom. The van der Waals surface area contributed by atoms with Crippen LogP contribution in [0.15, 0.2) is 22.6 Å². The molecule has 0 spiro atoms. The number of aliphatic carboxylic acids is 1. The summed E-state index contributed by atoms with van der Waals surface area (Å²) in [5, 5.41) is 13.8. The van der Waals surface area contributed by atoms with Crippen LogP contribution in [0.4, 0.5) is 0 Å². The van der Waals surface area contributed by atoms with E-state index < -0.39 is 5.97 Å². The second-order valence-corrected chi connectivity index (χ2v) is 4.85. The molecule has 2 heterocycles. The molecule has 1 aliphatic rings. The molecule has 0 amide bonds. The van der Waals surface area contributed by atoms with Gasteiger partial charge in [0.1, 0.15) is 11.3 Å². The highest BCUT2D eigenvalue weighted by atomic mass is 35.5. The third kappa shape index (κ3) is 2.13.